The zero-order valence-electron chi connectivity index (χ0n) is 11.4. The van der Waals surface area contributed by atoms with Gasteiger partial charge in [0.05, 0.1) is 17.0 Å². The quantitative estimate of drug-likeness (QED) is 0.640. The first-order valence-corrected chi connectivity index (χ1v) is 7.39. The van der Waals surface area contributed by atoms with Gasteiger partial charge in [0, 0.05) is 49.3 Å². The molecule has 1 aromatic carbocycles. The number of carboxylic acid groups (broad SMARTS) is 1. The van der Waals surface area contributed by atoms with Crippen LogP contribution in [0.15, 0.2) is 22.7 Å². The fourth-order valence-electron chi connectivity index (χ4n) is 2.33. The number of piperazine rings is 1. The number of aliphatic carboxylic acids is 1. The number of benzene rings is 1. The summed E-state index contributed by atoms with van der Waals surface area (Å²) in [5.41, 5.74) is 0.990. The number of nitrogens with zero attached hydrogens (tertiary/aromatic N) is 3. The van der Waals surface area contributed by atoms with E-state index in [9.17, 15) is 14.9 Å². The first kappa shape index (κ1) is 15.7. The Morgan fingerprint density at radius 3 is 2.52 bits per heavy atom. The second kappa shape index (κ2) is 6.86. The molecule has 1 aromatic rings. The SMILES string of the molecule is O=C(O)CCN1CCN(c2ccc([N+](=O)[O-])cc2Br)CC1. The Bertz CT molecular complexity index is 544. The fraction of sp³-hybridized carbons (Fsp3) is 0.462. The van der Waals surface area contributed by atoms with E-state index in [-0.39, 0.29) is 12.1 Å². The third-order valence-corrected chi connectivity index (χ3v) is 4.13. The molecule has 114 valence electrons. The van der Waals surface area contributed by atoms with Crippen molar-refractivity contribution >= 4 is 33.3 Å². The van der Waals surface area contributed by atoms with Gasteiger partial charge in [-0.1, -0.05) is 0 Å². The van der Waals surface area contributed by atoms with Gasteiger partial charge in [0.1, 0.15) is 0 Å². The summed E-state index contributed by atoms with van der Waals surface area (Å²) in [5.74, 6) is -0.782. The van der Waals surface area contributed by atoms with Crippen molar-refractivity contribution in [1.82, 2.24) is 4.90 Å². The minimum Gasteiger partial charge on any atom is -0.481 e. The average Bonchev–Trinajstić information content (AvgIpc) is 2.45. The first-order valence-electron chi connectivity index (χ1n) is 6.60. The standard InChI is InChI=1S/C13H16BrN3O4/c14-11-9-10(17(20)21)1-2-12(11)16-7-5-15(6-8-16)4-3-13(18)19/h1-2,9H,3-8H2,(H,18,19). The number of hydrogen-bond donors (Lipinski definition) is 1. The lowest BCUT2D eigenvalue weighted by Gasteiger charge is -2.36. The molecular formula is C13H16BrN3O4. The molecule has 8 heteroatoms. The molecule has 0 radical (unpaired) electrons. The number of hydrogen-bond acceptors (Lipinski definition) is 5. The number of non-ortho nitro benzene ring substituents is 1. The number of halogens is 1. The number of nitro benzene ring substituents is 1. The van der Waals surface area contributed by atoms with Crippen molar-refractivity contribution in [2.45, 2.75) is 6.42 Å². The highest BCUT2D eigenvalue weighted by Crippen LogP contribution is 2.30. The molecule has 0 aromatic heterocycles. The van der Waals surface area contributed by atoms with E-state index in [0.29, 0.717) is 11.0 Å². The van der Waals surface area contributed by atoms with Crippen LogP contribution in [0.25, 0.3) is 0 Å². The van der Waals surface area contributed by atoms with Crippen molar-refractivity contribution in [3.05, 3.63) is 32.8 Å². The molecule has 0 bridgehead atoms. The average molecular weight is 358 g/mol. The predicted molar refractivity (Wildman–Crippen MR) is 81.7 cm³/mol. The lowest BCUT2D eigenvalue weighted by Crippen LogP contribution is -2.47. The molecule has 0 amide bonds. The maximum Gasteiger partial charge on any atom is 0.304 e. The van der Waals surface area contributed by atoms with E-state index in [0.717, 1.165) is 31.9 Å². The highest BCUT2D eigenvalue weighted by molar-refractivity contribution is 9.10. The zero-order valence-corrected chi connectivity index (χ0v) is 13.0. The van der Waals surface area contributed by atoms with Crippen molar-refractivity contribution in [1.29, 1.82) is 0 Å². The molecule has 0 aliphatic carbocycles. The smallest absolute Gasteiger partial charge is 0.304 e. The number of carbonyl (C=O) groups is 1. The Labute approximate surface area is 130 Å². The number of nitro groups is 1. The van der Waals surface area contributed by atoms with Crippen molar-refractivity contribution in [3.8, 4) is 0 Å². The Balaban J connectivity index is 1.96. The maximum atomic E-state index is 10.7. The normalized spacial score (nSPS) is 16.0. The van der Waals surface area contributed by atoms with Gasteiger partial charge in [0.25, 0.3) is 5.69 Å². The molecule has 1 N–H and O–H groups in total. The van der Waals surface area contributed by atoms with E-state index >= 15 is 0 Å². The Morgan fingerprint density at radius 2 is 2.00 bits per heavy atom. The van der Waals surface area contributed by atoms with Crippen molar-refractivity contribution in [2.75, 3.05) is 37.6 Å². The van der Waals surface area contributed by atoms with Gasteiger partial charge in [-0.3, -0.25) is 19.8 Å². The maximum absolute atomic E-state index is 10.7. The van der Waals surface area contributed by atoms with Gasteiger partial charge in [0.15, 0.2) is 0 Å². The Kier molecular flexibility index (Phi) is 5.13. The van der Waals surface area contributed by atoms with E-state index < -0.39 is 10.9 Å². The van der Waals surface area contributed by atoms with Gasteiger partial charge in [-0.25, -0.2) is 0 Å². The molecule has 1 fully saturated rings. The van der Waals surface area contributed by atoms with Crippen LogP contribution < -0.4 is 4.90 Å². The molecular weight excluding hydrogens is 342 g/mol. The van der Waals surface area contributed by atoms with E-state index in [1.807, 2.05) is 0 Å². The predicted octanol–water partition coefficient (Wildman–Crippen LogP) is 1.95. The second-order valence-corrected chi connectivity index (χ2v) is 5.72. The molecule has 0 atom stereocenters. The van der Waals surface area contributed by atoms with Gasteiger partial charge >= 0.3 is 5.97 Å². The van der Waals surface area contributed by atoms with Crippen LogP contribution in [0.3, 0.4) is 0 Å². The lowest BCUT2D eigenvalue weighted by molar-refractivity contribution is -0.384. The third kappa shape index (κ3) is 4.15. The van der Waals surface area contributed by atoms with Crippen molar-refractivity contribution in [3.63, 3.8) is 0 Å². The van der Waals surface area contributed by atoms with E-state index in [4.69, 9.17) is 5.11 Å². The number of carboxylic acids is 1. The second-order valence-electron chi connectivity index (χ2n) is 4.87. The van der Waals surface area contributed by atoms with Gasteiger partial charge in [-0.2, -0.15) is 0 Å². The largest absolute Gasteiger partial charge is 0.481 e. The van der Waals surface area contributed by atoms with E-state index in [1.54, 1.807) is 6.07 Å². The summed E-state index contributed by atoms with van der Waals surface area (Å²) in [6.45, 7) is 3.68. The summed E-state index contributed by atoms with van der Waals surface area (Å²) in [6.07, 6.45) is 0.154. The van der Waals surface area contributed by atoms with Gasteiger partial charge < -0.3 is 10.0 Å². The Morgan fingerprint density at radius 1 is 1.33 bits per heavy atom. The van der Waals surface area contributed by atoms with Crippen LogP contribution in [0.4, 0.5) is 11.4 Å². The van der Waals surface area contributed by atoms with Crippen LogP contribution in [0.2, 0.25) is 0 Å². The number of rotatable bonds is 5. The summed E-state index contributed by atoms with van der Waals surface area (Å²) in [7, 11) is 0. The van der Waals surface area contributed by atoms with E-state index in [1.165, 1.54) is 12.1 Å². The molecule has 1 heterocycles. The Hall–Kier alpha value is -1.67. The van der Waals surface area contributed by atoms with Gasteiger partial charge in [-0.05, 0) is 22.0 Å². The highest BCUT2D eigenvalue weighted by atomic mass is 79.9. The highest BCUT2D eigenvalue weighted by Gasteiger charge is 2.20. The minimum absolute atomic E-state index is 0.0609. The molecule has 0 unspecified atom stereocenters. The molecule has 1 aliphatic rings. The van der Waals surface area contributed by atoms with Crippen LogP contribution in [0.1, 0.15) is 6.42 Å². The third-order valence-electron chi connectivity index (χ3n) is 3.50. The van der Waals surface area contributed by atoms with Crippen molar-refractivity contribution in [2.24, 2.45) is 0 Å². The fourth-order valence-corrected chi connectivity index (χ4v) is 2.95. The molecule has 0 spiro atoms. The summed E-state index contributed by atoms with van der Waals surface area (Å²) in [6, 6.07) is 4.75. The van der Waals surface area contributed by atoms with Crippen LogP contribution in [-0.2, 0) is 4.79 Å². The van der Waals surface area contributed by atoms with Crippen LogP contribution >= 0.6 is 15.9 Å². The molecule has 1 saturated heterocycles. The topological polar surface area (TPSA) is 86.9 Å². The molecule has 2 rings (SSSR count). The van der Waals surface area contributed by atoms with Crippen LogP contribution in [-0.4, -0.2) is 53.6 Å². The first-order chi connectivity index (χ1) is 9.97. The van der Waals surface area contributed by atoms with Crippen LogP contribution in [0.5, 0.6) is 0 Å². The van der Waals surface area contributed by atoms with Gasteiger partial charge in [-0.15, -0.1) is 0 Å². The summed E-state index contributed by atoms with van der Waals surface area (Å²) >= 11 is 3.38. The minimum atomic E-state index is -0.782. The summed E-state index contributed by atoms with van der Waals surface area (Å²) in [5, 5.41) is 19.4. The number of anilines is 1. The molecule has 0 saturated carbocycles. The summed E-state index contributed by atoms with van der Waals surface area (Å²) in [4.78, 5) is 25.1. The van der Waals surface area contributed by atoms with Crippen molar-refractivity contribution < 1.29 is 14.8 Å². The molecule has 21 heavy (non-hydrogen) atoms. The monoisotopic (exact) mass is 357 g/mol. The molecule has 7 nitrogen and oxygen atoms in total. The zero-order chi connectivity index (χ0) is 15.4. The summed E-state index contributed by atoms with van der Waals surface area (Å²) < 4.78 is 0.704. The van der Waals surface area contributed by atoms with Gasteiger partial charge in [0.2, 0.25) is 0 Å². The lowest BCUT2D eigenvalue weighted by atomic mass is 10.2. The van der Waals surface area contributed by atoms with Crippen LogP contribution in [0, 0.1) is 10.1 Å². The molecule has 1 aliphatic heterocycles. The van der Waals surface area contributed by atoms with E-state index in [2.05, 4.69) is 25.7 Å².